The number of aromatic nitrogens is 3. The lowest BCUT2D eigenvalue weighted by Crippen LogP contribution is -2.31. The van der Waals surface area contributed by atoms with Crippen molar-refractivity contribution >= 4 is 11.0 Å². The fourth-order valence-electron chi connectivity index (χ4n) is 1.78. The van der Waals surface area contributed by atoms with E-state index < -0.39 is 0 Å². The maximum absolute atomic E-state index is 5.16. The first-order valence-electron chi connectivity index (χ1n) is 4.74. The van der Waals surface area contributed by atoms with Gasteiger partial charge in [-0.15, -0.1) is 0 Å². The number of fused-ring (bicyclic) bond motifs is 1. The van der Waals surface area contributed by atoms with Crippen LogP contribution in [0.2, 0.25) is 0 Å². The van der Waals surface area contributed by atoms with E-state index in [1.54, 1.807) is 6.20 Å². The molecule has 0 saturated carbocycles. The molecule has 0 spiro atoms. The average molecular weight is 189 g/mol. The number of hydrogen-bond donors (Lipinski definition) is 0. The molecule has 0 bridgehead atoms. The van der Waals surface area contributed by atoms with E-state index in [4.69, 9.17) is 4.74 Å². The molecule has 0 radical (unpaired) electrons. The normalized spacial score (nSPS) is 17.2. The van der Waals surface area contributed by atoms with Crippen LogP contribution in [-0.2, 0) is 4.74 Å². The van der Waals surface area contributed by atoms with Crippen LogP contribution in [0.1, 0.15) is 11.7 Å². The van der Waals surface area contributed by atoms with Gasteiger partial charge in [0.25, 0.3) is 0 Å². The van der Waals surface area contributed by atoms with Crippen LogP contribution in [-0.4, -0.2) is 28.0 Å². The first kappa shape index (κ1) is 7.94. The second-order valence-electron chi connectivity index (χ2n) is 3.59. The average Bonchev–Trinajstić information content (AvgIpc) is 2.43. The maximum atomic E-state index is 5.16. The molecule has 4 heteroatoms. The first-order valence-corrected chi connectivity index (χ1v) is 4.74. The molecular formula is C10H11N3O. The molecule has 0 N–H and O–H groups in total. The predicted molar refractivity (Wildman–Crippen MR) is 52.1 cm³/mol. The number of ether oxygens (including phenoxy) is 1. The Morgan fingerprint density at radius 3 is 3.00 bits per heavy atom. The molecule has 0 atom stereocenters. The third-order valence-corrected chi connectivity index (χ3v) is 2.65. The van der Waals surface area contributed by atoms with Crippen LogP contribution in [0.5, 0.6) is 0 Å². The molecular weight excluding hydrogens is 178 g/mol. The van der Waals surface area contributed by atoms with Gasteiger partial charge in [0.05, 0.1) is 24.9 Å². The minimum absolute atomic E-state index is 0.407. The molecule has 14 heavy (non-hydrogen) atoms. The Bertz CT molecular complexity index is 473. The van der Waals surface area contributed by atoms with Crippen molar-refractivity contribution in [3.05, 3.63) is 24.0 Å². The van der Waals surface area contributed by atoms with Crippen molar-refractivity contribution in [2.45, 2.75) is 13.0 Å². The Morgan fingerprint density at radius 2 is 2.36 bits per heavy atom. The summed E-state index contributed by atoms with van der Waals surface area (Å²) < 4.78 is 7.19. The molecule has 0 aromatic carbocycles. The second kappa shape index (κ2) is 2.78. The first-order chi connectivity index (χ1) is 6.86. The van der Waals surface area contributed by atoms with Crippen LogP contribution in [0.15, 0.2) is 18.3 Å². The van der Waals surface area contributed by atoms with E-state index in [1.165, 1.54) is 0 Å². The van der Waals surface area contributed by atoms with Crippen LogP contribution < -0.4 is 0 Å². The fourth-order valence-corrected chi connectivity index (χ4v) is 1.78. The molecule has 3 heterocycles. The van der Waals surface area contributed by atoms with Gasteiger partial charge in [-0.05, 0) is 19.1 Å². The minimum Gasteiger partial charge on any atom is -0.377 e. The molecule has 0 unspecified atom stereocenters. The van der Waals surface area contributed by atoms with E-state index in [-0.39, 0.29) is 0 Å². The predicted octanol–water partition coefficient (Wildman–Crippen LogP) is 1.31. The fraction of sp³-hybridized carbons (Fsp3) is 0.400. The van der Waals surface area contributed by atoms with Gasteiger partial charge in [0.2, 0.25) is 0 Å². The lowest BCUT2D eigenvalue weighted by molar-refractivity contribution is -0.0292. The summed E-state index contributed by atoms with van der Waals surface area (Å²) in [7, 11) is 0. The Morgan fingerprint density at radius 1 is 1.50 bits per heavy atom. The number of rotatable bonds is 1. The number of hydrogen-bond acceptors (Lipinski definition) is 3. The third kappa shape index (κ3) is 0.974. The summed E-state index contributed by atoms with van der Waals surface area (Å²) in [5.74, 6) is 0. The maximum Gasteiger partial charge on any atom is 0.111 e. The van der Waals surface area contributed by atoms with Crippen LogP contribution >= 0.6 is 0 Å². The van der Waals surface area contributed by atoms with Gasteiger partial charge in [-0.1, -0.05) is 0 Å². The summed E-state index contributed by atoms with van der Waals surface area (Å²) in [4.78, 5) is 4.32. The molecule has 0 amide bonds. The van der Waals surface area contributed by atoms with Crippen LogP contribution in [0.25, 0.3) is 11.0 Å². The highest BCUT2D eigenvalue weighted by atomic mass is 16.5. The summed E-state index contributed by atoms with van der Waals surface area (Å²) in [5, 5.41) is 4.51. The van der Waals surface area contributed by atoms with Gasteiger partial charge in [0.1, 0.15) is 11.0 Å². The Hall–Kier alpha value is -1.42. The monoisotopic (exact) mass is 189 g/mol. The number of pyridine rings is 1. The molecule has 4 nitrogen and oxygen atoms in total. The van der Waals surface area contributed by atoms with E-state index in [0.717, 1.165) is 29.9 Å². The van der Waals surface area contributed by atoms with E-state index in [0.29, 0.717) is 6.04 Å². The molecule has 1 saturated heterocycles. The van der Waals surface area contributed by atoms with Crippen molar-refractivity contribution in [3.63, 3.8) is 0 Å². The molecule has 3 rings (SSSR count). The second-order valence-corrected chi connectivity index (χ2v) is 3.59. The molecule has 0 aliphatic carbocycles. The van der Waals surface area contributed by atoms with Gasteiger partial charge in [-0.2, -0.15) is 5.10 Å². The Balaban J connectivity index is 2.19. The van der Waals surface area contributed by atoms with Crippen LogP contribution in [0.3, 0.4) is 0 Å². The highest BCUT2D eigenvalue weighted by Crippen LogP contribution is 2.22. The summed E-state index contributed by atoms with van der Waals surface area (Å²) in [6, 6.07) is 4.31. The van der Waals surface area contributed by atoms with Crippen LogP contribution in [0.4, 0.5) is 0 Å². The van der Waals surface area contributed by atoms with Gasteiger partial charge in [0.15, 0.2) is 0 Å². The SMILES string of the molecule is Cc1c2ncccc2nn1C1COC1. The molecule has 2 aromatic heterocycles. The van der Waals surface area contributed by atoms with Crippen molar-refractivity contribution in [2.24, 2.45) is 0 Å². The van der Waals surface area contributed by atoms with E-state index >= 15 is 0 Å². The summed E-state index contributed by atoms with van der Waals surface area (Å²) >= 11 is 0. The zero-order valence-electron chi connectivity index (χ0n) is 7.97. The van der Waals surface area contributed by atoms with Gasteiger partial charge in [-0.25, -0.2) is 0 Å². The largest absolute Gasteiger partial charge is 0.377 e. The standard InChI is InChI=1S/C10H11N3O/c1-7-10-9(3-2-4-11-10)12-13(7)8-5-14-6-8/h2-4,8H,5-6H2,1H3. The highest BCUT2D eigenvalue weighted by molar-refractivity contribution is 5.76. The Kier molecular flexibility index (Phi) is 1.58. The smallest absolute Gasteiger partial charge is 0.111 e. The van der Waals surface area contributed by atoms with Crippen molar-refractivity contribution < 1.29 is 4.74 Å². The van der Waals surface area contributed by atoms with Gasteiger partial charge >= 0.3 is 0 Å². The van der Waals surface area contributed by atoms with Gasteiger partial charge in [-0.3, -0.25) is 9.67 Å². The molecule has 1 aliphatic heterocycles. The zero-order valence-corrected chi connectivity index (χ0v) is 7.97. The zero-order chi connectivity index (χ0) is 9.54. The third-order valence-electron chi connectivity index (χ3n) is 2.65. The van der Waals surface area contributed by atoms with E-state index in [9.17, 15) is 0 Å². The molecule has 2 aromatic rings. The van der Waals surface area contributed by atoms with Gasteiger partial charge in [0, 0.05) is 6.20 Å². The van der Waals surface area contributed by atoms with Crippen molar-refractivity contribution in [2.75, 3.05) is 13.2 Å². The molecule has 1 aliphatic rings. The summed E-state index contributed by atoms with van der Waals surface area (Å²) in [6.45, 7) is 3.60. The van der Waals surface area contributed by atoms with E-state index in [1.807, 2.05) is 16.8 Å². The molecule has 1 fully saturated rings. The Labute approximate surface area is 81.5 Å². The number of aryl methyl sites for hydroxylation is 1. The van der Waals surface area contributed by atoms with E-state index in [2.05, 4.69) is 17.0 Å². The van der Waals surface area contributed by atoms with Crippen LogP contribution in [0, 0.1) is 6.92 Å². The lowest BCUT2D eigenvalue weighted by Gasteiger charge is -2.27. The topological polar surface area (TPSA) is 39.9 Å². The van der Waals surface area contributed by atoms with Crippen molar-refractivity contribution in [3.8, 4) is 0 Å². The molecule has 72 valence electrons. The van der Waals surface area contributed by atoms with Gasteiger partial charge < -0.3 is 4.74 Å². The van der Waals surface area contributed by atoms with Crippen molar-refractivity contribution in [1.29, 1.82) is 0 Å². The minimum atomic E-state index is 0.407. The van der Waals surface area contributed by atoms with Crippen molar-refractivity contribution in [1.82, 2.24) is 14.8 Å². The number of nitrogens with zero attached hydrogens (tertiary/aromatic N) is 3. The lowest BCUT2D eigenvalue weighted by atomic mass is 10.2. The summed E-state index contributed by atoms with van der Waals surface area (Å²) in [5.41, 5.74) is 3.10. The quantitative estimate of drug-likeness (QED) is 0.679. The summed E-state index contributed by atoms with van der Waals surface area (Å²) in [6.07, 6.45) is 1.80. The highest BCUT2D eigenvalue weighted by Gasteiger charge is 2.23.